The van der Waals surface area contributed by atoms with Crippen LogP contribution in [0.4, 0.5) is 4.39 Å². The highest BCUT2D eigenvalue weighted by molar-refractivity contribution is 5.79. The van der Waals surface area contributed by atoms with Crippen LogP contribution in [0.15, 0.2) is 30.3 Å². The molecule has 1 aromatic heterocycles. The number of rotatable bonds is 6. The van der Waals surface area contributed by atoms with Crippen molar-refractivity contribution < 1.29 is 14.3 Å². The number of carbonyl (C=O) groups excluding carboxylic acids is 1. The number of fused-ring (bicyclic) bond motifs is 1. The molecule has 2 aromatic rings. The molecule has 1 aromatic carbocycles. The first-order valence-corrected chi connectivity index (χ1v) is 6.62. The number of halogens is 1. The van der Waals surface area contributed by atoms with Crippen LogP contribution < -0.4 is 5.32 Å². The third-order valence-electron chi connectivity index (χ3n) is 2.97. The van der Waals surface area contributed by atoms with Crippen molar-refractivity contribution in [2.75, 3.05) is 13.2 Å². The highest BCUT2D eigenvalue weighted by atomic mass is 19.1. The predicted molar refractivity (Wildman–Crippen MR) is 74.7 cm³/mol. The van der Waals surface area contributed by atoms with Crippen LogP contribution in [0.1, 0.15) is 18.5 Å². The molecular formula is C15H17FN2O2. The highest BCUT2D eigenvalue weighted by Gasteiger charge is 2.04. The number of amides is 1. The van der Waals surface area contributed by atoms with Crippen LogP contribution in [0.3, 0.4) is 0 Å². The Labute approximate surface area is 116 Å². The van der Waals surface area contributed by atoms with Crippen molar-refractivity contribution in [1.82, 2.24) is 10.3 Å². The first-order chi connectivity index (χ1) is 9.69. The van der Waals surface area contributed by atoms with E-state index in [4.69, 9.17) is 5.11 Å². The van der Waals surface area contributed by atoms with Crippen LogP contribution >= 0.6 is 0 Å². The highest BCUT2D eigenvalue weighted by Crippen LogP contribution is 2.14. The minimum Gasteiger partial charge on any atom is -0.396 e. The van der Waals surface area contributed by atoms with E-state index >= 15 is 0 Å². The zero-order valence-electron chi connectivity index (χ0n) is 11.1. The fraction of sp³-hybridized carbons (Fsp3) is 0.333. The van der Waals surface area contributed by atoms with E-state index in [9.17, 15) is 9.18 Å². The molecule has 2 rings (SSSR count). The van der Waals surface area contributed by atoms with Gasteiger partial charge in [-0.1, -0.05) is 6.07 Å². The molecule has 0 spiro atoms. The summed E-state index contributed by atoms with van der Waals surface area (Å²) in [5.74, 6) is -0.338. The van der Waals surface area contributed by atoms with Crippen molar-refractivity contribution in [1.29, 1.82) is 0 Å². The summed E-state index contributed by atoms with van der Waals surface area (Å²) in [6.07, 6.45) is 1.45. The van der Waals surface area contributed by atoms with Gasteiger partial charge < -0.3 is 10.4 Å². The van der Waals surface area contributed by atoms with Gasteiger partial charge in [0.15, 0.2) is 0 Å². The van der Waals surface area contributed by atoms with Crippen LogP contribution in [0.2, 0.25) is 0 Å². The van der Waals surface area contributed by atoms with Gasteiger partial charge in [0.1, 0.15) is 5.82 Å². The molecule has 5 heteroatoms. The zero-order chi connectivity index (χ0) is 14.4. The molecule has 0 saturated carbocycles. The summed E-state index contributed by atoms with van der Waals surface area (Å²) in [5.41, 5.74) is 1.53. The molecule has 0 aliphatic heterocycles. The Kier molecular flexibility index (Phi) is 5.01. The first kappa shape index (κ1) is 14.4. The van der Waals surface area contributed by atoms with Gasteiger partial charge in [-0.05, 0) is 37.1 Å². The van der Waals surface area contributed by atoms with Crippen molar-refractivity contribution >= 4 is 16.8 Å². The monoisotopic (exact) mass is 276 g/mol. The van der Waals surface area contributed by atoms with Crippen LogP contribution in [-0.4, -0.2) is 29.1 Å². The quantitative estimate of drug-likeness (QED) is 0.791. The van der Waals surface area contributed by atoms with Crippen LogP contribution in [0, 0.1) is 5.82 Å². The Hall–Kier alpha value is -2.01. The Bertz CT molecular complexity index is 601. The molecular weight excluding hydrogens is 259 g/mol. The molecule has 1 heterocycles. The Morgan fingerprint density at radius 2 is 2.15 bits per heavy atom. The van der Waals surface area contributed by atoms with E-state index < -0.39 is 0 Å². The fourth-order valence-electron chi connectivity index (χ4n) is 1.91. The Balaban J connectivity index is 1.93. The van der Waals surface area contributed by atoms with Gasteiger partial charge in [0.25, 0.3) is 0 Å². The van der Waals surface area contributed by atoms with E-state index in [1.54, 1.807) is 6.07 Å². The predicted octanol–water partition coefficient (Wildman–Crippen LogP) is 1.81. The summed E-state index contributed by atoms with van der Waals surface area (Å²) in [6.45, 7) is 0.558. The number of nitrogens with zero attached hydrogens (tertiary/aromatic N) is 1. The van der Waals surface area contributed by atoms with E-state index in [-0.39, 0.29) is 18.3 Å². The van der Waals surface area contributed by atoms with Crippen molar-refractivity contribution in [2.24, 2.45) is 0 Å². The lowest BCUT2D eigenvalue weighted by Crippen LogP contribution is -2.25. The molecule has 0 saturated heterocycles. The van der Waals surface area contributed by atoms with Gasteiger partial charge in [0, 0.05) is 30.7 Å². The molecule has 20 heavy (non-hydrogen) atoms. The van der Waals surface area contributed by atoms with Gasteiger partial charge in [0.2, 0.25) is 5.91 Å². The SMILES string of the molecule is O=C(CCc1ccc2cc(F)ccc2n1)NCCCO. The molecule has 0 radical (unpaired) electrons. The maximum Gasteiger partial charge on any atom is 0.220 e. The van der Waals surface area contributed by atoms with Gasteiger partial charge in [-0.15, -0.1) is 0 Å². The minimum absolute atomic E-state index is 0.0561. The number of benzene rings is 1. The zero-order valence-corrected chi connectivity index (χ0v) is 11.1. The molecule has 0 bridgehead atoms. The standard InChI is InChI=1S/C15H17FN2O2/c16-12-3-6-14-11(10-12)2-4-13(18-14)5-7-15(20)17-8-1-9-19/h2-4,6,10,19H,1,5,7-9H2,(H,17,20). The summed E-state index contributed by atoms with van der Waals surface area (Å²) in [6, 6.07) is 8.07. The van der Waals surface area contributed by atoms with Gasteiger partial charge in [-0.3, -0.25) is 9.78 Å². The molecule has 2 N–H and O–H groups in total. The number of aromatic nitrogens is 1. The maximum atomic E-state index is 13.0. The average molecular weight is 276 g/mol. The summed E-state index contributed by atoms with van der Waals surface area (Å²) in [4.78, 5) is 15.9. The lowest BCUT2D eigenvalue weighted by Gasteiger charge is -2.05. The van der Waals surface area contributed by atoms with E-state index in [1.165, 1.54) is 12.1 Å². The maximum absolute atomic E-state index is 13.0. The van der Waals surface area contributed by atoms with Crippen molar-refractivity contribution in [3.63, 3.8) is 0 Å². The number of hydrogen-bond acceptors (Lipinski definition) is 3. The van der Waals surface area contributed by atoms with Gasteiger partial charge >= 0.3 is 0 Å². The van der Waals surface area contributed by atoms with Crippen molar-refractivity contribution in [2.45, 2.75) is 19.3 Å². The lowest BCUT2D eigenvalue weighted by molar-refractivity contribution is -0.121. The normalized spacial score (nSPS) is 10.7. The number of carbonyl (C=O) groups is 1. The fourth-order valence-corrected chi connectivity index (χ4v) is 1.91. The van der Waals surface area contributed by atoms with Gasteiger partial charge in [-0.25, -0.2) is 4.39 Å². The van der Waals surface area contributed by atoms with Crippen LogP contribution in [-0.2, 0) is 11.2 Å². The van der Waals surface area contributed by atoms with E-state index in [0.717, 1.165) is 16.6 Å². The smallest absolute Gasteiger partial charge is 0.220 e. The summed E-state index contributed by atoms with van der Waals surface area (Å²) in [5, 5.41) is 12.1. The molecule has 1 amide bonds. The third-order valence-corrected chi connectivity index (χ3v) is 2.97. The second-order valence-electron chi connectivity index (χ2n) is 4.57. The summed E-state index contributed by atoms with van der Waals surface area (Å²) < 4.78 is 13.0. The number of nitrogens with one attached hydrogen (secondary N) is 1. The molecule has 106 valence electrons. The van der Waals surface area contributed by atoms with Crippen molar-refractivity contribution in [3.8, 4) is 0 Å². The van der Waals surface area contributed by atoms with E-state index in [0.29, 0.717) is 25.8 Å². The minimum atomic E-state index is -0.282. The van der Waals surface area contributed by atoms with E-state index in [1.807, 2.05) is 12.1 Å². The second kappa shape index (κ2) is 6.96. The Morgan fingerprint density at radius 3 is 2.95 bits per heavy atom. The van der Waals surface area contributed by atoms with Crippen molar-refractivity contribution in [3.05, 3.63) is 41.8 Å². The summed E-state index contributed by atoms with van der Waals surface area (Å²) >= 11 is 0. The molecule has 4 nitrogen and oxygen atoms in total. The first-order valence-electron chi connectivity index (χ1n) is 6.62. The summed E-state index contributed by atoms with van der Waals surface area (Å²) in [7, 11) is 0. The molecule has 0 atom stereocenters. The third kappa shape index (κ3) is 3.99. The second-order valence-corrected chi connectivity index (χ2v) is 4.57. The van der Waals surface area contributed by atoms with Crippen LogP contribution in [0.25, 0.3) is 10.9 Å². The molecule has 0 aliphatic rings. The Morgan fingerprint density at radius 1 is 1.30 bits per heavy atom. The lowest BCUT2D eigenvalue weighted by atomic mass is 10.1. The van der Waals surface area contributed by atoms with Crippen LogP contribution in [0.5, 0.6) is 0 Å². The largest absolute Gasteiger partial charge is 0.396 e. The number of aliphatic hydroxyl groups excluding tert-OH is 1. The molecule has 0 fully saturated rings. The van der Waals surface area contributed by atoms with Gasteiger partial charge in [0.05, 0.1) is 5.52 Å². The topological polar surface area (TPSA) is 62.2 Å². The van der Waals surface area contributed by atoms with Gasteiger partial charge in [-0.2, -0.15) is 0 Å². The number of aliphatic hydroxyl groups is 1. The van der Waals surface area contributed by atoms with E-state index in [2.05, 4.69) is 10.3 Å². The number of aryl methyl sites for hydroxylation is 1. The molecule has 0 unspecified atom stereocenters. The molecule has 0 aliphatic carbocycles. The number of hydrogen-bond donors (Lipinski definition) is 2. The average Bonchev–Trinajstić information content (AvgIpc) is 2.45. The number of pyridine rings is 1.